The first-order chi connectivity index (χ1) is 40.4. The Kier molecular flexibility index (Phi) is 66.6. The minimum Gasteiger partial charge on any atom is -0.458 e. The molecule has 7 nitrogen and oxygen atoms in total. The predicted octanol–water partition coefficient (Wildman–Crippen LogP) is 23.5. The van der Waals surface area contributed by atoms with Crippen molar-refractivity contribution in [2.75, 3.05) is 13.2 Å². The number of hydrogen-bond donors (Lipinski definition) is 1. The monoisotopic (exact) mass is 1150 g/mol. The van der Waals surface area contributed by atoms with E-state index in [1.54, 1.807) is 0 Å². The highest BCUT2D eigenvalue weighted by Crippen LogP contribution is 2.18. The zero-order chi connectivity index (χ0) is 59.4. The lowest BCUT2D eigenvalue weighted by Gasteiger charge is -2.13. The third-order valence-corrected chi connectivity index (χ3v) is 16.5. The quantitative estimate of drug-likeness (QED) is 0.0367. The van der Waals surface area contributed by atoms with Gasteiger partial charge in [-0.3, -0.25) is 9.59 Å². The Morgan fingerprint density at radius 1 is 0.293 bits per heavy atom. The molecule has 0 aliphatic heterocycles. The average Bonchev–Trinajstić information content (AvgIpc) is 3.48. The summed E-state index contributed by atoms with van der Waals surface area (Å²) in [5.74, 6) is -0.392. The molecule has 0 aromatic rings. The third-order valence-electron chi connectivity index (χ3n) is 16.5. The van der Waals surface area contributed by atoms with E-state index in [0.29, 0.717) is 24.4 Å². The summed E-state index contributed by atoms with van der Waals surface area (Å²) in [5, 5.41) is 9.66. The molecule has 0 aliphatic rings. The maximum absolute atomic E-state index is 12.3. The van der Waals surface area contributed by atoms with Crippen LogP contribution < -0.4 is 0 Å². The summed E-state index contributed by atoms with van der Waals surface area (Å²) in [4.78, 5) is 48.9. The molecule has 478 valence electrons. The van der Waals surface area contributed by atoms with Crippen LogP contribution in [0.4, 0.5) is 0 Å². The third kappa shape index (κ3) is 66.3. The zero-order valence-corrected chi connectivity index (χ0v) is 54.5. The second-order valence-corrected chi connectivity index (χ2v) is 24.7. The summed E-state index contributed by atoms with van der Waals surface area (Å²) in [6.45, 7) is 4.00. The number of esters is 2. The SMILES string of the molecule is CCCCCCCCCCCCCCCC=CC(=O)CCCCCCCCCCCCCCCC=CC(=O)OC[C@H](CO)OC(=O)C=CCCCCCCCCCCCCCCCC(=O)C=CCCCCCCCCCCCCCCC. The van der Waals surface area contributed by atoms with Gasteiger partial charge in [0.15, 0.2) is 17.7 Å². The van der Waals surface area contributed by atoms with E-state index >= 15 is 0 Å². The van der Waals surface area contributed by atoms with E-state index in [9.17, 15) is 24.3 Å². The van der Waals surface area contributed by atoms with Crippen molar-refractivity contribution in [3.8, 4) is 0 Å². The van der Waals surface area contributed by atoms with Crippen molar-refractivity contribution in [3.63, 3.8) is 0 Å². The van der Waals surface area contributed by atoms with E-state index in [1.807, 2.05) is 24.3 Å². The van der Waals surface area contributed by atoms with Crippen LogP contribution in [0.25, 0.3) is 0 Å². The van der Waals surface area contributed by atoms with Gasteiger partial charge in [-0.15, -0.1) is 0 Å². The number of unbranched alkanes of at least 4 members (excludes halogenated alkanes) is 52. The first-order valence-electron chi connectivity index (χ1n) is 36.1. The molecule has 0 spiro atoms. The number of aliphatic hydroxyl groups excluding tert-OH is 1. The number of rotatable bonds is 68. The Bertz CT molecular complexity index is 1480. The van der Waals surface area contributed by atoms with Crippen LogP contribution in [0.1, 0.15) is 386 Å². The largest absolute Gasteiger partial charge is 0.458 e. The van der Waals surface area contributed by atoms with Crippen molar-refractivity contribution in [1.29, 1.82) is 0 Å². The fourth-order valence-electron chi connectivity index (χ4n) is 11.1. The van der Waals surface area contributed by atoms with Gasteiger partial charge in [-0.2, -0.15) is 0 Å². The Labute approximate surface area is 509 Å². The lowest BCUT2D eigenvalue weighted by atomic mass is 10.0. The second-order valence-electron chi connectivity index (χ2n) is 24.7. The minimum atomic E-state index is -0.878. The maximum atomic E-state index is 12.3. The molecule has 0 aromatic heterocycles. The van der Waals surface area contributed by atoms with E-state index in [1.165, 1.54) is 308 Å². The summed E-state index contributed by atoms with van der Waals surface area (Å²) in [6, 6.07) is 0. The summed E-state index contributed by atoms with van der Waals surface area (Å²) < 4.78 is 10.5. The van der Waals surface area contributed by atoms with Crippen LogP contribution in [0.2, 0.25) is 0 Å². The standard InChI is InChI=1S/C75H136O7/c1-3-5-7-9-11-13-15-17-21-27-33-39-45-51-57-63-71(77)65-59-53-47-41-35-29-23-19-25-31-37-43-49-55-61-67-74(79)81-70-73(69-76)82-75(80)68-62-56-50-44-38-32-26-20-24-30-36-42-48-54-60-66-72(78)64-58-52-46-40-34-28-22-18-16-14-12-10-8-6-4-2/h57-58,61-64,67-68,73,76H,3-56,59-60,65-66,69-70H2,1-2H3/t73-/m0/s1. The van der Waals surface area contributed by atoms with Crippen LogP contribution >= 0.6 is 0 Å². The molecule has 0 radical (unpaired) electrons. The van der Waals surface area contributed by atoms with E-state index in [4.69, 9.17) is 9.47 Å². The van der Waals surface area contributed by atoms with Crippen LogP contribution in [-0.2, 0) is 28.7 Å². The lowest BCUT2D eigenvalue weighted by molar-refractivity contribution is -0.155. The minimum absolute atomic E-state index is 0.167. The molecular formula is C75H136O7. The highest BCUT2D eigenvalue weighted by Gasteiger charge is 2.14. The van der Waals surface area contributed by atoms with Crippen molar-refractivity contribution in [3.05, 3.63) is 48.6 Å². The van der Waals surface area contributed by atoms with Crippen LogP contribution in [0, 0.1) is 0 Å². The zero-order valence-electron chi connectivity index (χ0n) is 54.5. The number of allylic oxidation sites excluding steroid dienone is 6. The maximum Gasteiger partial charge on any atom is 0.330 e. The molecule has 0 bridgehead atoms. The molecule has 0 saturated carbocycles. The molecule has 0 heterocycles. The van der Waals surface area contributed by atoms with Gasteiger partial charge in [-0.05, 0) is 76.4 Å². The number of ether oxygens (including phenoxy) is 2. The molecule has 0 fully saturated rings. The number of aliphatic hydroxyl groups is 1. The van der Waals surface area contributed by atoms with E-state index in [2.05, 4.69) is 26.0 Å². The van der Waals surface area contributed by atoms with E-state index < -0.39 is 24.6 Å². The van der Waals surface area contributed by atoms with Gasteiger partial charge in [0.1, 0.15) is 6.61 Å². The Balaban J connectivity index is 3.53. The fourth-order valence-corrected chi connectivity index (χ4v) is 11.1. The fraction of sp³-hybridized carbons (Fsp3) is 0.840. The first kappa shape index (κ1) is 79.2. The van der Waals surface area contributed by atoms with Gasteiger partial charge >= 0.3 is 11.9 Å². The number of carbonyl (C=O) groups excluding carboxylic acids is 4. The Morgan fingerprint density at radius 2 is 0.512 bits per heavy atom. The van der Waals surface area contributed by atoms with Gasteiger partial charge in [0.05, 0.1) is 6.61 Å². The van der Waals surface area contributed by atoms with Gasteiger partial charge in [0.25, 0.3) is 0 Å². The van der Waals surface area contributed by atoms with Gasteiger partial charge in [-0.1, -0.05) is 334 Å². The first-order valence-corrected chi connectivity index (χ1v) is 36.1. The topological polar surface area (TPSA) is 107 Å². The average molecular weight is 1150 g/mol. The van der Waals surface area contributed by atoms with Crippen molar-refractivity contribution in [2.45, 2.75) is 392 Å². The van der Waals surface area contributed by atoms with Crippen molar-refractivity contribution in [1.82, 2.24) is 0 Å². The summed E-state index contributed by atoms with van der Waals surface area (Å²) in [7, 11) is 0. The number of ketones is 2. The predicted molar refractivity (Wildman–Crippen MR) is 354 cm³/mol. The molecule has 0 aliphatic carbocycles. The van der Waals surface area contributed by atoms with Gasteiger partial charge < -0.3 is 14.6 Å². The van der Waals surface area contributed by atoms with Gasteiger partial charge in [0, 0.05) is 25.0 Å². The van der Waals surface area contributed by atoms with Crippen LogP contribution in [-0.4, -0.2) is 47.9 Å². The molecule has 1 N–H and O–H groups in total. The molecule has 0 aromatic carbocycles. The number of carbonyl (C=O) groups is 4. The molecule has 82 heavy (non-hydrogen) atoms. The highest BCUT2D eigenvalue weighted by molar-refractivity contribution is 5.89. The van der Waals surface area contributed by atoms with Crippen LogP contribution in [0.3, 0.4) is 0 Å². The van der Waals surface area contributed by atoms with Crippen molar-refractivity contribution >= 4 is 23.5 Å². The smallest absolute Gasteiger partial charge is 0.330 e. The molecular weight excluding hydrogens is 1010 g/mol. The van der Waals surface area contributed by atoms with Crippen molar-refractivity contribution in [2.24, 2.45) is 0 Å². The van der Waals surface area contributed by atoms with Gasteiger partial charge in [0.2, 0.25) is 0 Å². The molecule has 0 saturated heterocycles. The van der Waals surface area contributed by atoms with Gasteiger partial charge in [-0.25, -0.2) is 9.59 Å². The van der Waals surface area contributed by atoms with Crippen molar-refractivity contribution < 1.29 is 33.8 Å². The second kappa shape index (κ2) is 69.0. The summed E-state index contributed by atoms with van der Waals surface area (Å²) in [6.07, 6.45) is 86.3. The normalized spacial score (nSPS) is 12.3. The Morgan fingerprint density at radius 3 is 0.768 bits per heavy atom. The molecule has 0 amide bonds. The summed E-state index contributed by atoms with van der Waals surface area (Å²) in [5.41, 5.74) is 0. The molecule has 1 atom stereocenters. The Hall–Kier alpha value is -2.80. The molecule has 0 unspecified atom stereocenters. The van der Waals surface area contributed by atoms with E-state index in [0.717, 1.165) is 64.2 Å². The number of hydrogen-bond acceptors (Lipinski definition) is 7. The molecule has 7 heteroatoms. The molecule has 0 rings (SSSR count). The van der Waals surface area contributed by atoms with Crippen LogP contribution in [0.15, 0.2) is 48.6 Å². The summed E-state index contributed by atoms with van der Waals surface area (Å²) >= 11 is 0. The van der Waals surface area contributed by atoms with E-state index in [-0.39, 0.29) is 6.61 Å². The highest BCUT2D eigenvalue weighted by atomic mass is 16.6. The van der Waals surface area contributed by atoms with Crippen LogP contribution in [0.5, 0.6) is 0 Å². The lowest BCUT2D eigenvalue weighted by Crippen LogP contribution is -2.27.